The van der Waals surface area contributed by atoms with Crippen molar-refractivity contribution in [3.05, 3.63) is 53.2 Å². The Hall–Kier alpha value is -1.36. The molecule has 0 radical (unpaired) electrons. The van der Waals surface area contributed by atoms with Crippen LogP contribution in [0.2, 0.25) is 5.02 Å². The molecule has 2 aromatic rings. The van der Waals surface area contributed by atoms with E-state index >= 15 is 0 Å². The van der Waals surface area contributed by atoms with Gasteiger partial charge in [-0.25, -0.2) is 5.43 Å². The fourth-order valence-electron chi connectivity index (χ4n) is 1.35. The molecular formula is C10H10ClN3O. The highest BCUT2D eigenvalue weighted by molar-refractivity contribution is 6.30. The van der Waals surface area contributed by atoms with Crippen LogP contribution < -0.4 is 11.3 Å². The molecule has 0 saturated carbocycles. The van der Waals surface area contributed by atoms with E-state index in [1.54, 1.807) is 24.8 Å². The standard InChI is InChI=1S/C10H10ClN3O/c11-8-1-2-9(13-5-8)10(14-12)7-3-4-15-6-7/h1-6,10,14H,12H2. The van der Waals surface area contributed by atoms with Crippen molar-refractivity contribution in [3.63, 3.8) is 0 Å². The Labute approximate surface area is 92.0 Å². The molecule has 15 heavy (non-hydrogen) atoms. The van der Waals surface area contributed by atoms with Crippen LogP contribution in [0, 0.1) is 0 Å². The Kier molecular flexibility index (Phi) is 3.01. The largest absolute Gasteiger partial charge is 0.472 e. The molecule has 0 bridgehead atoms. The second-order valence-corrected chi connectivity index (χ2v) is 3.49. The first-order valence-corrected chi connectivity index (χ1v) is 4.78. The fraction of sp³-hybridized carbons (Fsp3) is 0.100. The zero-order chi connectivity index (χ0) is 10.7. The summed E-state index contributed by atoms with van der Waals surface area (Å²) in [4.78, 5) is 4.19. The molecule has 0 fully saturated rings. The van der Waals surface area contributed by atoms with Crippen LogP contribution in [0.4, 0.5) is 0 Å². The Bertz CT molecular complexity index is 413. The minimum absolute atomic E-state index is 0.180. The lowest BCUT2D eigenvalue weighted by Crippen LogP contribution is -2.29. The number of hydrogen-bond acceptors (Lipinski definition) is 4. The first kappa shape index (κ1) is 10.2. The molecule has 0 aliphatic rings. The smallest absolute Gasteiger partial charge is 0.0954 e. The third-order valence-electron chi connectivity index (χ3n) is 2.09. The highest BCUT2D eigenvalue weighted by Crippen LogP contribution is 2.20. The maximum atomic E-state index is 5.75. The number of nitrogens with one attached hydrogen (secondary N) is 1. The molecular weight excluding hydrogens is 214 g/mol. The zero-order valence-electron chi connectivity index (χ0n) is 7.85. The van der Waals surface area contributed by atoms with E-state index in [9.17, 15) is 0 Å². The molecule has 5 heteroatoms. The van der Waals surface area contributed by atoms with E-state index < -0.39 is 0 Å². The molecule has 0 aliphatic carbocycles. The number of nitrogens with zero attached hydrogens (tertiary/aromatic N) is 1. The molecule has 2 aromatic heterocycles. The van der Waals surface area contributed by atoms with Crippen molar-refractivity contribution in [3.8, 4) is 0 Å². The molecule has 4 nitrogen and oxygen atoms in total. The summed E-state index contributed by atoms with van der Waals surface area (Å²) in [6.07, 6.45) is 4.80. The van der Waals surface area contributed by atoms with Gasteiger partial charge in [0, 0.05) is 11.8 Å². The first-order chi connectivity index (χ1) is 7.31. The molecule has 3 N–H and O–H groups in total. The molecule has 0 saturated heterocycles. The van der Waals surface area contributed by atoms with Crippen LogP contribution in [-0.2, 0) is 0 Å². The molecule has 0 aliphatic heterocycles. The van der Waals surface area contributed by atoms with Crippen LogP contribution in [0.1, 0.15) is 17.3 Å². The van der Waals surface area contributed by atoms with Gasteiger partial charge in [0.15, 0.2) is 0 Å². The summed E-state index contributed by atoms with van der Waals surface area (Å²) in [6.45, 7) is 0. The minimum atomic E-state index is -0.180. The van der Waals surface area contributed by atoms with Crippen LogP contribution in [-0.4, -0.2) is 4.98 Å². The molecule has 0 amide bonds. The van der Waals surface area contributed by atoms with Crippen LogP contribution in [0.15, 0.2) is 41.3 Å². The van der Waals surface area contributed by atoms with Crippen LogP contribution in [0.5, 0.6) is 0 Å². The zero-order valence-corrected chi connectivity index (χ0v) is 8.61. The average Bonchev–Trinajstić information content (AvgIpc) is 2.75. The molecule has 78 valence electrons. The van der Waals surface area contributed by atoms with Gasteiger partial charge in [-0.15, -0.1) is 0 Å². The van der Waals surface area contributed by atoms with E-state index in [-0.39, 0.29) is 6.04 Å². The number of hydrogen-bond donors (Lipinski definition) is 2. The number of pyridine rings is 1. The van der Waals surface area contributed by atoms with Crippen molar-refractivity contribution in [2.75, 3.05) is 0 Å². The molecule has 0 aromatic carbocycles. The summed E-state index contributed by atoms with van der Waals surface area (Å²) < 4.78 is 4.99. The van der Waals surface area contributed by atoms with E-state index in [1.165, 1.54) is 0 Å². The van der Waals surface area contributed by atoms with Crippen molar-refractivity contribution in [2.45, 2.75) is 6.04 Å². The van der Waals surface area contributed by atoms with Gasteiger partial charge >= 0.3 is 0 Å². The summed E-state index contributed by atoms with van der Waals surface area (Å²) in [5.41, 5.74) is 4.39. The average molecular weight is 224 g/mol. The first-order valence-electron chi connectivity index (χ1n) is 4.41. The van der Waals surface area contributed by atoms with Crippen molar-refractivity contribution in [1.82, 2.24) is 10.4 Å². The van der Waals surface area contributed by atoms with E-state index in [1.807, 2.05) is 12.1 Å². The second-order valence-electron chi connectivity index (χ2n) is 3.06. The summed E-state index contributed by atoms with van der Waals surface area (Å²) in [6, 6.07) is 5.25. The van der Waals surface area contributed by atoms with Gasteiger partial charge in [-0.3, -0.25) is 10.8 Å². The predicted octanol–water partition coefficient (Wildman–Crippen LogP) is 1.88. The van der Waals surface area contributed by atoms with E-state index in [2.05, 4.69) is 10.4 Å². The number of hydrazine groups is 1. The predicted molar refractivity (Wildman–Crippen MR) is 57.1 cm³/mol. The quantitative estimate of drug-likeness (QED) is 0.616. The Morgan fingerprint density at radius 1 is 1.40 bits per heavy atom. The van der Waals surface area contributed by atoms with Crippen LogP contribution in [0.25, 0.3) is 0 Å². The number of aromatic nitrogens is 1. The highest BCUT2D eigenvalue weighted by atomic mass is 35.5. The fourth-order valence-corrected chi connectivity index (χ4v) is 1.46. The van der Waals surface area contributed by atoms with Gasteiger partial charge in [-0.1, -0.05) is 11.6 Å². The monoisotopic (exact) mass is 223 g/mol. The minimum Gasteiger partial charge on any atom is -0.472 e. The molecule has 1 atom stereocenters. The summed E-state index contributed by atoms with van der Waals surface area (Å²) in [7, 11) is 0. The molecule has 2 rings (SSSR count). The van der Waals surface area contributed by atoms with Crippen LogP contribution >= 0.6 is 11.6 Å². The number of halogens is 1. The van der Waals surface area contributed by atoms with Gasteiger partial charge in [0.05, 0.1) is 29.3 Å². The lowest BCUT2D eigenvalue weighted by atomic mass is 10.1. The second kappa shape index (κ2) is 4.44. The SMILES string of the molecule is NNC(c1ccoc1)c1ccc(Cl)cn1. The molecule has 1 unspecified atom stereocenters. The molecule has 0 spiro atoms. The van der Waals surface area contributed by atoms with Gasteiger partial charge < -0.3 is 4.42 Å². The lowest BCUT2D eigenvalue weighted by Gasteiger charge is -2.12. The van der Waals surface area contributed by atoms with E-state index in [0.29, 0.717) is 5.02 Å². The van der Waals surface area contributed by atoms with Crippen LogP contribution in [0.3, 0.4) is 0 Å². The third kappa shape index (κ3) is 2.18. The number of rotatable bonds is 3. The Morgan fingerprint density at radius 3 is 2.80 bits per heavy atom. The van der Waals surface area contributed by atoms with E-state index in [4.69, 9.17) is 21.9 Å². The van der Waals surface area contributed by atoms with Crippen molar-refractivity contribution < 1.29 is 4.42 Å². The van der Waals surface area contributed by atoms with Gasteiger partial charge in [0.1, 0.15) is 0 Å². The third-order valence-corrected chi connectivity index (χ3v) is 2.31. The number of nitrogens with two attached hydrogens (primary N) is 1. The maximum Gasteiger partial charge on any atom is 0.0954 e. The Morgan fingerprint density at radius 2 is 2.27 bits per heavy atom. The normalized spacial score (nSPS) is 12.7. The van der Waals surface area contributed by atoms with Gasteiger partial charge in [-0.2, -0.15) is 0 Å². The summed E-state index contributed by atoms with van der Waals surface area (Å²) in [5, 5.41) is 0.599. The topological polar surface area (TPSA) is 64.1 Å². The van der Waals surface area contributed by atoms with Crippen molar-refractivity contribution in [2.24, 2.45) is 5.84 Å². The van der Waals surface area contributed by atoms with Crippen molar-refractivity contribution in [1.29, 1.82) is 0 Å². The lowest BCUT2D eigenvalue weighted by molar-refractivity contribution is 0.551. The maximum absolute atomic E-state index is 5.75. The highest BCUT2D eigenvalue weighted by Gasteiger charge is 2.14. The summed E-state index contributed by atoms with van der Waals surface area (Å²) in [5.74, 6) is 5.47. The Balaban J connectivity index is 2.31. The van der Waals surface area contributed by atoms with Gasteiger partial charge in [0.2, 0.25) is 0 Å². The summed E-state index contributed by atoms with van der Waals surface area (Å²) >= 11 is 5.75. The van der Waals surface area contributed by atoms with Crippen molar-refractivity contribution >= 4 is 11.6 Å². The molecule has 2 heterocycles. The van der Waals surface area contributed by atoms with Gasteiger partial charge in [0.25, 0.3) is 0 Å². The van der Waals surface area contributed by atoms with E-state index in [0.717, 1.165) is 11.3 Å². The number of furan rings is 1. The van der Waals surface area contributed by atoms with Gasteiger partial charge in [-0.05, 0) is 18.2 Å².